The predicted octanol–water partition coefficient (Wildman–Crippen LogP) is 2.10. The van der Waals surface area contributed by atoms with Gasteiger partial charge in [-0.2, -0.15) is 0 Å². The van der Waals surface area contributed by atoms with Crippen LogP contribution in [0.15, 0.2) is 24.3 Å². The van der Waals surface area contributed by atoms with Crippen LogP contribution in [0.2, 0.25) is 0 Å². The molecule has 0 radical (unpaired) electrons. The molecule has 2 rings (SSSR count). The van der Waals surface area contributed by atoms with Crippen molar-refractivity contribution < 1.29 is 23.9 Å². The monoisotopic (exact) mass is 364 g/mol. The molecule has 1 aliphatic rings. The smallest absolute Gasteiger partial charge is 0.306 e. The van der Waals surface area contributed by atoms with Gasteiger partial charge in [-0.3, -0.25) is 14.4 Å². The summed E-state index contributed by atoms with van der Waals surface area (Å²) in [6, 6.07) is 6.05. The van der Waals surface area contributed by atoms with Crippen LogP contribution in [0.5, 0.6) is 0 Å². The van der Waals surface area contributed by atoms with Crippen molar-refractivity contribution in [1.82, 2.24) is 9.80 Å². The van der Waals surface area contributed by atoms with Gasteiger partial charge in [0.05, 0.1) is 12.5 Å². The molecule has 1 atom stereocenters. The van der Waals surface area contributed by atoms with E-state index < -0.39 is 11.9 Å². The highest BCUT2D eigenvalue weighted by Crippen LogP contribution is 2.21. The van der Waals surface area contributed by atoms with E-state index in [1.807, 2.05) is 6.92 Å². The first-order chi connectivity index (χ1) is 12.3. The van der Waals surface area contributed by atoms with E-state index in [-0.39, 0.29) is 36.5 Å². The van der Waals surface area contributed by atoms with Crippen molar-refractivity contribution >= 4 is 17.8 Å². The fraction of sp³-hybridized carbons (Fsp3) is 0.526. The Kier molecular flexibility index (Phi) is 6.71. The molecule has 0 aliphatic carbocycles. The zero-order chi connectivity index (χ0) is 19.3. The second kappa shape index (κ2) is 8.78. The van der Waals surface area contributed by atoms with E-state index in [4.69, 9.17) is 5.11 Å². The molecule has 1 N–H and O–H groups in total. The first kappa shape index (κ1) is 19.9. The summed E-state index contributed by atoms with van der Waals surface area (Å²) in [7, 11) is 1.58. The summed E-state index contributed by atoms with van der Waals surface area (Å²) in [6.07, 6.45) is 1.12. The number of nitrogens with zero attached hydrogens (tertiary/aromatic N) is 2. The molecule has 1 heterocycles. The van der Waals surface area contributed by atoms with Crippen LogP contribution in [0.25, 0.3) is 0 Å². The minimum absolute atomic E-state index is 0.0211. The lowest BCUT2D eigenvalue weighted by Gasteiger charge is -2.31. The summed E-state index contributed by atoms with van der Waals surface area (Å²) in [6.45, 7) is 2.68. The highest BCUT2D eigenvalue weighted by molar-refractivity contribution is 5.85. The van der Waals surface area contributed by atoms with Crippen molar-refractivity contribution in [2.24, 2.45) is 5.92 Å². The number of halogens is 1. The second-order valence-electron chi connectivity index (χ2n) is 6.90. The number of aliphatic carboxylic acids is 1. The number of amides is 2. The van der Waals surface area contributed by atoms with Crippen molar-refractivity contribution in [3.8, 4) is 0 Å². The van der Waals surface area contributed by atoms with E-state index in [2.05, 4.69) is 0 Å². The molecule has 7 heteroatoms. The van der Waals surface area contributed by atoms with E-state index in [9.17, 15) is 18.8 Å². The Balaban J connectivity index is 1.82. The number of benzene rings is 1. The summed E-state index contributed by atoms with van der Waals surface area (Å²) >= 11 is 0. The number of carboxylic acid groups (broad SMARTS) is 1. The van der Waals surface area contributed by atoms with Gasteiger partial charge in [-0.1, -0.05) is 19.1 Å². The lowest BCUT2D eigenvalue weighted by Crippen LogP contribution is -2.45. The van der Waals surface area contributed by atoms with Crippen molar-refractivity contribution in [3.63, 3.8) is 0 Å². The minimum Gasteiger partial charge on any atom is -0.481 e. The number of hydrogen-bond donors (Lipinski definition) is 1. The molecule has 6 nitrogen and oxygen atoms in total. The first-order valence-electron chi connectivity index (χ1n) is 8.78. The number of carbonyl (C=O) groups excluding carboxylic acids is 2. The Bertz CT molecular complexity index is 654. The van der Waals surface area contributed by atoms with E-state index in [1.165, 1.54) is 17.0 Å². The van der Waals surface area contributed by atoms with Crippen LogP contribution in [0, 0.1) is 11.7 Å². The average Bonchev–Trinajstić information content (AvgIpc) is 2.62. The molecule has 1 fully saturated rings. The lowest BCUT2D eigenvalue weighted by molar-refractivity contribution is -0.146. The number of likely N-dealkylation sites (tertiary alicyclic amines) is 1. The zero-order valence-electron chi connectivity index (χ0n) is 15.2. The maximum absolute atomic E-state index is 13.0. The number of carbonyl (C=O) groups is 3. The van der Waals surface area contributed by atoms with Crippen LogP contribution in [0.4, 0.5) is 4.39 Å². The van der Waals surface area contributed by atoms with E-state index in [0.717, 1.165) is 5.56 Å². The van der Waals surface area contributed by atoms with Gasteiger partial charge in [0.1, 0.15) is 5.82 Å². The molecule has 1 unspecified atom stereocenters. The summed E-state index contributed by atoms with van der Waals surface area (Å²) in [5.41, 5.74) is 0.871. The normalized spacial score (nSPS) is 16.2. The Hall–Kier alpha value is -2.44. The molecule has 1 aromatic carbocycles. The molecule has 142 valence electrons. The van der Waals surface area contributed by atoms with Crippen LogP contribution in [0.1, 0.15) is 37.7 Å². The second-order valence-corrected chi connectivity index (χ2v) is 6.90. The number of carboxylic acids is 1. The molecule has 26 heavy (non-hydrogen) atoms. The van der Waals surface area contributed by atoms with E-state index in [1.54, 1.807) is 24.1 Å². The van der Waals surface area contributed by atoms with Gasteiger partial charge in [-0.05, 0) is 36.5 Å². The number of likely N-dealkylation sites (N-methyl/N-ethyl adjacent to an activating group) is 1. The van der Waals surface area contributed by atoms with Gasteiger partial charge < -0.3 is 14.9 Å². The molecular weight excluding hydrogens is 339 g/mol. The maximum atomic E-state index is 13.0. The average molecular weight is 364 g/mol. The highest BCUT2D eigenvalue weighted by atomic mass is 19.1. The zero-order valence-corrected chi connectivity index (χ0v) is 15.2. The molecule has 1 aromatic rings. The van der Waals surface area contributed by atoms with Gasteiger partial charge in [-0.15, -0.1) is 0 Å². The number of hydrogen-bond acceptors (Lipinski definition) is 3. The number of piperidine rings is 1. The van der Waals surface area contributed by atoms with Crippen LogP contribution in [-0.2, 0) is 14.4 Å². The maximum Gasteiger partial charge on any atom is 0.306 e. The van der Waals surface area contributed by atoms with Crippen LogP contribution >= 0.6 is 0 Å². The Morgan fingerprint density at radius 1 is 1.23 bits per heavy atom. The predicted molar refractivity (Wildman–Crippen MR) is 94.0 cm³/mol. The fourth-order valence-corrected chi connectivity index (χ4v) is 3.09. The Labute approximate surface area is 152 Å². The van der Waals surface area contributed by atoms with Crippen LogP contribution in [0.3, 0.4) is 0 Å². The van der Waals surface area contributed by atoms with Gasteiger partial charge in [-0.25, -0.2) is 4.39 Å². The van der Waals surface area contributed by atoms with Gasteiger partial charge in [0.15, 0.2) is 0 Å². The largest absolute Gasteiger partial charge is 0.481 e. The Morgan fingerprint density at radius 3 is 2.35 bits per heavy atom. The Morgan fingerprint density at radius 2 is 1.81 bits per heavy atom. The summed E-state index contributed by atoms with van der Waals surface area (Å²) in [4.78, 5) is 38.7. The summed E-state index contributed by atoms with van der Waals surface area (Å²) in [5, 5.41) is 9.00. The van der Waals surface area contributed by atoms with Crippen LogP contribution in [-0.4, -0.2) is 59.4 Å². The summed E-state index contributed by atoms with van der Waals surface area (Å²) in [5.74, 6) is -1.93. The van der Waals surface area contributed by atoms with Crippen LogP contribution < -0.4 is 0 Å². The molecule has 0 spiro atoms. The quantitative estimate of drug-likeness (QED) is 0.839. The topological polar surface area (TPSA) is 77.9 Å². The minimum atomic E-state index is -0.820. The van der Waals surface area contributed by atoms with Gasteiger partial charge >= 0.3 is 5.97 Å². The van der Waals surface area contributed by atoms with Gasteiger partial charge in [0.25, 0.3) is 0 Å². The van der Waals surface area contributed by atoms with Gasteiger partial charge in [0.2, 0.25) is 11.8 Å². The number of rotatable bonds is 6. The molecule has 0 bridgehead atoms. The highest BCUT2D eigenvalue weighted by Gasteiger charge is 2.28. The molecule has 1 aliphatic heterocycles. The standard InChI is InChI=1S/C19H25FN2O4/c1-13(14-3-5-16(20)6-4-14)11-17(23)21(2)12-18(24)22-9-7-15(8-10-22)19(25)26/h3-6,13,15H,7-12H2,1-2H3,(H,25,26). The molecule has 2 amide bonds. The van der Waals surface area contributed by atoms with E-state index in [0.29, 0.717) is 25.9 Å². The third kappa shape index (κ3) is 5.28. The van der Waals surface area contributed by atoms with Gasteiger partial charge in [0, 0.05) is 26.6 Å². The van der Waals surface area contributed by atoms with Crippen molar-refractivity contribution in [3.05, 3.63) is 35.6 Å². The van der Waals surface area contributed by atoms with Crippen molar-refractivity contribution in [1.29, 1.82) is 0 Å². The van der Waals surface area contributed by atoms with E-state index >= 15 is 0 Å². The molecule has 0 saturated carbocycles. The fourth-order valence-electron chi connectivity index (χ4n) is 3.09. The molecule has 0 aromatic heterocycles. The molecule has 1 saturated heterocycles. The van der Waals surface area contributed by atoms with Crippen molar-refractivity contribution in [2.75, 3.05) is 26.7 Å². The third-order valence-corrected chi connectivity index (χ3v) is 4.91. The lowest BCUT2D eigenvalue weighted by atomic mass is 9.97. The first-order valence-corrected chi connectivity index (χ1v) is 8.78. The molecular formula is C19H25FN2O4. The summed E-state index contributed by atoms with van der Waals surface area (Å²) < 4.78 is 13.0. The van der Waals surface area contributed by atoms with Crippen molar-refractivity contribution in [2.45, 2.75) is 32.1 Å². The SMILES string of the molecule is CC(CC(=O)N(C)CC(=O)N1CCC(C(=O)O)CC1)c1ccc(F)cc1. The third-order valence-electron chi connectivity index (χ3n) is 4.91.